The number of para-hydroxylation sites is 3. The lowest BCUT2D eigenvalue weighted by atomic mass is 9.98. The molecular weight excluding hydrogens is 468 g/mol. The van der Waals surface area contributed by atoms with Crippen molar-refractivity contribution < 1.29 is 23.9 Å². The van der Waals surface area contributed by atoms with E-state index in [9.17, 15) is 14.4 Å². The molecule has 1 amide bonds. The van der Waals surface area contributed by atoms with E-state index in [1.807, 2.05) is 36.4 Å². The van der Waals surface area contributed by atoms with Gasteiger partial charge >= 0.3 is 5.97 Å². The molecule has 0 unspecified atom stereocenters. The Kier molecular flexibility index (Phi) is 6.77. The summed E-state index contributed by atoms with van der Waals surface area (Å²) in [6, 6.07) is 22.0. The molecule has 5 rings (SSSR count). The average molecular weight is 497 g/mol. The third kappa shape index (κ3) is 4.60. The van der Waals surface area contributed by atoms with Gasteiger partial charge in [0.1, 0.15) is 5.75 Å². The zero-order valence-electron chi connectivity index (χ0n) is 20.8. The van der Waals surface area contributed by atoms with Crippen LogP contribution in [0.1, 0.15) is 40.9 Å². The van der Waals surface area contributed by atoms with Gasteiger partial charge in [-0.2, -0.15) is 0 Å². The van der Waals surface area contributed by atoms with Gasteiger partial charge in [0.15, 0.2) is 6.10 Å². The first-order chi connectivity index (χ1) is 18.0. The summed E-state index contributed by atoms with van der Waals surface area (Å²) >= 11 is 0. The van der Waals surface area contributed by atoms with Crippen LogP contribution >= 0.6 is 0 Å². The molecule has 2 heterocycles. The van der Waals surface area contributed by atoms with Gasteiger partial charge in [-0.3, -0.25) is 14.4 Å². The van der Waals surface area contributed by atoms with Crippen LogP contribution in [-0.4, -0.2) is 36.3 Å². The number of hydrogen-bond acceptors (Lipinski definition) is 5. The Balaban J connectivity index is 1.42. The largest absolute Gasteiger partial charge is 0.495 e. The van der Waals surface area contributed by atoms with Gasteiger partial charge in [0.2, 0.25) is 11.7 Å². The maximum absolute atomic E-state index is 13.8. The summed E-state index contributed by atoms with van der Waals surface area (Å²) in [7, 11) is 1.54. The van der Waals surface area contributed by atoms with Gasteiger partial charge in [0.25, 0.3) is 0 Å². The monoisotopic (exact) mass is 496 g/mol. The number of aryl methyl sites for hydroxylation is 1. The Hall–Kier alpha value is -4.39. The Labute approximate surface area is 215 Å². The minimum Gasteiger partial charge on any atom is -0.495 e. The predicted octanol–water partition coefficient (Wildman–Crippen LogP) is 5.26. The maximum Gasteiger partial charge on any atom is 0.312 e. The number of anilines is 1. The van der Waals surface area contributed by atoms with Crippen LogP contribution in [0.5, 0.6) is 5.75 Å². The van der Waals surface area contributed by atoms with E-state index in [0.29, 0.717) is 22.6 Å². The van der Waals surface area contributed by atoms with Crippen molar-refractivity contribution in [3.8, 4) is 5.75 Å². The van der Waals surface area contributed by atoms with Crippen LogP contribution in [0, 0.1) is 5.92 Å². The van der Waals surface area contributed by atoms with Crippen molar-refractivity contribution in [3.63, 3.8) is 0 Å². The SMILES string of the molecule is CCc1cccc2c(C(=O)[C@H](OC(=O)[C@H]3CC(=O)N(c4ccccc4OC)C3)c3ccccc3)c[nH]c12. The van der Waals surface area contributed by atoms with Crippen LogP contribution < -0.4 is 9.64 Å². The number of nitrogens with zero attached hydrogens (tertiary/aromatic N) is 1. The van der Waals surface area contributed by atoms with E-state index in [-0.39, 0.29) is 24.7 Å². The van der Waals surface area contributed by atoms with Gasteiger partial charge in [-0.15, -0.1) is 0 Å². The van der Waals surface area contributed by atoms with Crippen LogP contribution in [0.4, 0.5) is 5.69 Å². The van der Waals surface area contributed by atoms with Crippen LogP contribution in [-0.2, 0) is 20.7 Å². The van der Waals surface area contributed by atoms with Crippen LogP contribution in [0.2, 0.25) is 0 Å². The Morgan fingerprint density at radius 3 is 2.54 bits per heavy atom. The topological polar surface area (TPSA) is 88.7 Å². The molecule has 7 nitrogen and oxygen atoms in total. The number of ether oxygens (including phenoxy) is 2. The van der Waals surface area contributed by atoms with Crippen molar-refractivity contribution in [2.75, 3.05) is 18.6 Å². The van der Waals surface area contributed by atoms with E-state index in [1.165, 1.54) is 12.0 Å². The van der Waals surface area contributed by atoms with Crippen molar-refractivity contribution in [2.24, 2.45) is 5.92 Å². The summed E-state index contributed by atoms with van der Waals surface area (Å²) in [4.78, 5) is 44.8. The first-order valence-corrected chi connectivity index (χ1v) is 12.3. The maximum atomic E-state index is 13.8. The number of nitrogens with one attached hydrogen (secondary N) is 1. The summed E-state index contributed by atoms with van der Waals surface area (Å²) in [6.45, 7) is 2.21. The van der Waals surface area contributed by atoms with E-state index in [1.54, 1.807) is 42.6 Å². The number of amides is 1. The van der Waals surface area contributed by atoms with E-state index in [0.717, 1.165) is 22.9 Å². The number of Topliss-reactive ketones (excluding diaryl/α,β-unsaturated/α-hetero) is 1. The highest BCUT2D eigenvalue weighted by Gasteiger charge is 2.39. The third-order valence-corrected chi connectivity index (χ3v) is 6.86. The first kappa shape index (κ1) is 24.3. The number of aromatic nitrogens is 1. The summed E-state index contributed by atoms with van der Waals surface area (Å²) in [5.41, 5.74) is 3.65. The molecule has 1 N–H and O–H groups in total. The molecule has 0 saturated carbocycles. The quantitative estimate of drug-likeness (QED) is 0.266. The third-order valence-electron chi connectivity index (χ3n) is 6.86. The normalized spacial score (nSPS) is 16.1. The standard InChI is InChI=1S/C30H28N2O5/c1-3-19-12-9-13-22-23(17-31-27(19)22)28(34)29(20-10-5-4-6-11-20)37-30(35)21-16-26(33)32(18-21)24-14-7-8-15-25(24)36-2/h4-15,17,21,29,31H,3,16,18H2,1-2H3/t21-,29+/m0/s1. The van der Waals surface area contributed by atoms with Crippen molar-refractivity contribution in [3.05, 3.63) is 95.7 Å². The van der Waals surface area contributed by atoms with Crippen LogP contribution in [0.3, 0.4) is 0 Å². The number of hydrogen-bond donors (Lipinski definition) is 1. The average Bonchev–Trinajstić information content (AvgIpc) is 3.55. The molecule has 0 spiro atoms. The van der Waals surface area contributed by atoms with E-state index in [4.69, 9.17) is 9.47 Å². The van der Waals surface area contributed by atoms with E-state index >= 15 is 0 Å². The summed E-state index contributed by atoms with van der Waals surface area (Å²) in [6.07, 6.45) is 1.37. The summed E-state index contributed by atoms with van der Waals surface area (Å²) < 4.78 is 11.3. The first-order valence-electron chi connectivity index (χ1n) is 12.3. The fourth-order valence-corrected chi connectivity index (χ4v) is 4.92. The number of ketones is 1. The molecule has 7 heteroatoms. The Bertz CT molecular complexity index is 1460. The number of benzene rings is 3. The smallest absolute Gasteiger partial charge is 0.312 e. The molecule has 4 aromatic rings. The minimum atomic E-state index is -1.13. The Morgan fingerprint density at radius 2 is 1.78 bits per heavy atom. The molecule has 1 saturated heterocycles. The molecule has 188 valence electrons. The number of H-pyrrole nitrogens is 1. The summed E-state index contributed by atoms with van der Waals surface area (Å²) in [5, 5.41) is 0.791. The van der Waals surface area contributed by atoms with Gasteiger partial charge in [-0.05, 0) is 24.1 Å². The highest BCUT2D eigenvalue weighted by molar-refractivity contribution is 6.11. The van der Waals surface area contributed by atoms with E-state index in [2.05, 4.69) is 11.9 Å². The molecule has 3 aromatic carbocycles. The molecule has 0 aliphatic carbocycles. The highest BCUT2D eigenvalue weighted by atomic mass is 16.5. The van der Waals surface area contributed by atoms with Crippen molar-refractivity contribution in [2.45, 2.75) is 25.9 Å². The Morgan fingerprint density at radius 1 is 1.03 bits per heavy atom. The molecule has 1 aromatic heterocycles. The van der Waals surface area contributed by atoms with Crippen LogP contribution in [0.15, 0.2) is 79.0 Å². The highest BCUT2D eigenvalue weighted by Crippen LogP contribution is 2.35. The van der Waals surface area contributed by atoms with Gasteiger partial charge in [0.05, 0.1) is 18.7 Å². The second-order valence-corrected chi connectivity index (χ2v) is 9.06. The fraction of sp³-hybridized carbons (Fsp3) is 0.233. The molecule has 0 bridgehead atoms. The van der Waals surface area contributed by atoms with Gasteiger partial charge in [-0.1, -0.05) is 67.6 Å². The van der Waals surface area contributed by atoms with Gasteiger partial charge < -0.3 is 19.4 Å². The predicted molar refractivity (Wildman–Crippen MR) is 141 cm³/mol. The number of aromatic amines is 1. The zero-order chi connectivity index (χ0) is 25.9. The van der Waals surface area contributed by atoms with E-state index < -0.39 is 18.0 Å². The van der Waals surface area contributed by atoms with Crippen LogP contribution in [0.25, 0.3) is 10.9 Å². The summed E-state index contributed by atoms with van der Waals surface area (Å²) in [5.74, 6) is -1.25. The molecule has 37 heavy (non-hydrogen) atoms. The molecule has 0 radical (unpaired) electrons. The number of carbonyl (C=O) groups is 3. The molecule has 1 aliphatic rings. The lowest BCUT2D eigenvalue weighted by Gasteiger charge is -2.21. The molecular formula is C30H28N2O5. The van der Waals surface area contributed by atoms with Gasteiger partial charge in [-0.25, -0.2) is 0 Å². The van der Waals surface area contributed by atoms with Crippen molar-refractivity contribution >= 4 is 34.3 Å². The number of fused-ring (bicyclic) bond motifs is 1. The minimum absolute atomic E-state index is 0.000469. The molecule has 1 fully saturated rings. The fourth-order valence-electron chi connectivity index (χ4n) is 4.92. The zero-order valence-corrected chi connectivity index (χ0v) is 20.8. The number of esters is 1. The lowest BCUT2D eigenvalue weighted by Crippen LogP contribution is -2.28. The second-order valence-electron chi connectivity index (χ2n) is 9.06. The van der Waals surface area contributed by atoms with Crippen molar-refractivity contribution in [1.82, 2.24) is 4.98 Å². The van der Waals surface area contributed by atoms with Gasteiger partial charge in [0, 0.05) is 41.2 Å². The van der Waals surface area contributed by atoms with Crippen molar-refractivity contribution in [1.29, 1.82) is 0 Å². The number of rotatable bonds is 8. The lowest BCUT2D eigenvalue weighted by molar-refractivity contribution is -0.152. The molecule has 2 atom stereocenters. The second kappa shape index (κ2) is 10.3. The number of methoxy groups -OCH3 is 1. The number of carbonyl (C=O) groups excluding carboxylic acids is 3. The molecule has 1 aliphatic heterocycles.